The fraction of sp³-hybridized carbons (Fsp3) is 0.367. The highest BCUT2D eigenvalue weighted by atomic mass is 19.1. The Morgan fingerprint density at radius 3 is 2.56 bits per heavy atom. The van der Waals surface area contributed by atoms with E-state index in [1.165, 1.54) is 24.6 Å². The molecule has 3 N–H and O–H groups in total. The Balaban J connectivity index is 0.000000850. The number of benzene rings is 1. The van der Waals surface area contributed by atoms with Crippen LogP contribution in [-0.2, 0) is 24.6 Å². The second kappa shape index (κ2) is 14.0. The molecule has 2 aliphatic heterocycles. The van der Waals surface area contributed by atoms with Gasteiger partial charge >= 0.3 is 5.97 Å². The zero-order valence-corrected chi connectivity index (χ0v) is 23.5. The molecule has 1 aromatic carbocycles. The van der Waals surface area contributed by atoms with Crippen molar-refractivity contribution in [3.05, 3.63) is 77.1 Å². The summed E-state index contributed by atoms with van der Waals surface area (Å²) >= 11 is 0. The summed E-state index contributed by atoms with van der Waals surface area (Å²) in [7, 11) is 0. The quantitative estimate of drug-likeness (QED) is 0.294. The summed E-state index contributed by atoms with van der Waals surface area (Å²) < 4.78 is 32.2. The van der Waals surface area contributed by atoms with Gasteiger partial charge < -0.3 is 25.1 Å². The summed E-state index contributed by atoms with van der Waals surface area (Å²) in [5.74, 6) is -0.444. The van der Waals surface area contributed by atoms with Crippen molar-refractivity contribution in [3.63, 3.8) is 0 Å². The van der Waals surface area contributed by atoms with E-state index < -0.39 is 11.8 Å². The zero-order valence-electron chi connectivity index (χ0n) is 23.5. The maximum absolute atomic E-state index is 14.1. The number of likely N-dealkylation sites (tertiary alicyclic amines) is 1. The molecule has 0 radical (unpaired) electrons. The van der Waals surface area contributed by atoms with Gasteiger partial charge in [-0.3, -0.25) is 9.47 Å². The van der Waals surface area contributed by atoms with Crippen molar-refractivity contribution < 1.29 is 28.5 Å². The standard InChI is InChI=1S/C27H26FN7O4.C3H6O/c28-20-12-17(13-29)4-7-23(20)38-15-18-2-1-3-25(31-18)39-19-8-10-34(11-9-19)14-24-32-21-5-6-22(27(36)37)33-26(21)35(24)16-30;1-2-4-3-1/h1-7,12,19H,8-11,14-16,30H2,(H,36,37);1-3H2. The molecule has 4 aromatic rings. The van der Waals surface area contributed by atoms with Crippen LogP contribution in [0, 0.1) is 17.1 Å². The van der Waals surface area contributed by atoms with Gasteiger partial charge in [0.2, 0.25) is 5.88 Å². The van der Waals surface area contributed by atoms with Gasteiger partial charge in [-0.25, -0.2) is 24.1 Å². The summed E-state index contributed by atoms with van der Waals surface area (Å²) in [5.41, 5.74) is 7.77. The van der Waals surface area contributed by atoms with Crippen molar-refractivity contribution in [1.29, 1.82) is 5.26 Å². The SMILES string of the molecule is C1COC1.N#Cc1ccc(OCc2cccc(OC3CCN(Cc4nc5ccc(C(=O)O)nc5n4CN)CC3)n2)c(F)c1. The van der Waals surface area contributed by atoms with E-state index in [1.807, 2.05) is 12.1 Å². The van der Waals surface area contributed by atoms with Crippen LogP contribution in [-0.4, -0.2) is 67.9 Å². The van der Waals surface area contributed by atoms with Gasteiger partial charge in [0.1, 0.15) is 24.1 Å². The molecule has 12 nitrogen and oxygen atoms in total. The highest BCUT2D eigenvalue weighted by molar-refractivity contribution is 5.88. The minimum atomic E-state index is -1.10. The number of rotatable bonds is 9. The molecule has 0 bridgehead atoms. The number of halogens is 1. The number of pyridine rings is 2. The lowest BCUT2D eigenvalue weighted by Crippen LogP contribution is -2.38. The zero-order chi connectivity index (χ0) is 30.2. The van der Waals surface area contributed by atoms with Gasteiger partial charge in [0.25, 0.3) is 0 Å². The molecule has 2 fully saturated rings. The van der Waals surface area contributed by atoms with Gasteiger partial charge in [0.15, 0.2) is 22.9 Å². The number of ether oxygens (including phenoxy) is 3. The van der Waals surface area contributed by atoms with Crippen LogP contribution >= 0.6 is 0 Å². The van der Waals surface area contributed by atoms with Crippen LogP contribution in [0.4, 0.5) is 4.39 Å². The van der Waals surface area contributed by atoms with Gasteiger partial charge in [-0.15, -0.1) is 0 Å². The van der Waals surface area contributed by atoms with Crippen LogP contribution in [0.25, 0.3) is 11.2 Å². The molecule has 0 aliphatic carbocycles. The number of fused-ring (bicyclic) bond motifs is 1. The van der Waals surface area contributed by atoms with Crippen molar-refractivity contribution in [3.8, 4) is 17.7 Å². The average molecular weight is 590 g/mol. The van der Waals surface area contributed by atoms with Crippen molar-refractivity contribution in [2.45, 2.75) is 45.2 Å². The lowest BCUT2D eigenvalue weighted by molar-refractivity contribution is 0.0367. The molecule has 5 heterocycles. The molecule has 0 unspecified atom stereocenters. The van der Waals surface area contributed by atoms with Crippen LogP contribution in [0.5, 0.6) is 11.6 Å². The maximum Gasteiger partial charge on any atom is 0.354 e. The fourth-order valence-electron chi connectivity index (χ4n) is 4.62. The number of carbonyl (C=O) groups is 1. The Hall–Kier alpha value is -4.64. The minimum absolute atomic E-state index is 0.0194. The number of carboxylic acid groups (broad SMARTS) is 1. The van der Waals surface area contributed by atoms with Gasteiger partial charge in [0.05, 0.1) is 30.5 Å². The molecule has 3 aromatic heterocycles. The summed E-state index contributed by atoms with van der Waals surface area (Å²) in [5, 5.41) is 18.1. The number of nitrogens with zero attached hydrogens (tertiary/aromatic N) is 6. The van der Waals surface area contributed by atoms with Crippen LogP contribution < -0.4 is 15.2 Å². The molecule has 0 spiro atoms. The Morgan fingerprint density at radius 2 is 1.91 bits per heavy atom. The molecule has 2 saturated heterocycles. The number of hydrogen-bond acceptors (Lipinski definition) is 10. The molecule has 43 heavy (non-hydrogen) atoms. The fourth-order valence-corrected chi connectivity index (χ4v) is 4.62. The average Bonchev–Trinajstić information content (AvgIpc) is 3.33. The third kappa shape index (κ3) is 7.61. The molecule has 0 amide bonds. The van der Waals surface area contributed by atoms with Gasteiger partial charge in [-0.1, -0.05) is 6.07 Å². The monoisotopic (exact) mass is 589 g/mol. The van der Waals surface area contributed by atoms with Crippen molar-refractivity contribution in [2.24, 2.45) is 5.73 Å². The van der Waals surface area contributed by atoms with Gasteiger partial charge in [-0.2, -0.15) is 5.26 Å². The Labute approximate surface area is 247 Å². The number of imidazole rings is 1. The van der Waals surface area contributed by atoms with Gasteiger partial charge in [0, 0.05) is 32.4 Å². The number of piperidine rings is 1. The first-order valence-corrected chi connectivity index (χ1v) is 14.0. The summed E-state index contributed by atoms with van der Waals surface area (Å²) in [6.07, 6.45) is 2.82. The number of aromatic nitrogens is 4. The highest BCUT2D eigenvalue weighted by Gasteiger charge is 2.23. The van der Waals surface area contributed by atoms with Crippen molar-refractivity contribution >= 4 is 17.1 Å². The first-order valence-electron chi connectivity index (χ1n) is 14.0. The Morgan fingerprint density at radius 1 is 1.14 bits per heavy atom. The van der Waals surface area contributed by atoms with E-state index in [0.717, 1.165) is 51.0 Å². The lowest BCUT2D eigenvalue weighted by atomic mass is 10.1. The normalized spacial score (nSPS) is 15.2. The van der Waals surface area contributed by atoms with E-state index >= 15 is 0 Å². The van der Waals surface area contributed by atoms with Crippen molar-refractivity contribution in [2.75, 3.05) is 26.3 Å². The molecule has 13 heteroatoms. The first kappa shape index (κ1) is 29.8. The maximum atomic E-state index is 14.1. The number of nitrogens with two attached hydrogens (primary N) is 1. The summed E-state index contributed by atoms with van der Waals surface area (Å²) in [6, 6.07) is 14.4. The Kier molecular flexibility index (Phi) is 9.73. The number of carboxylic acids is 1. The second-order valence-electron chi connectivity index (χ2n) is 10.1. The van der Waals surface area contributed by atoms with E-state index in [1.54, 1.807) is 22.8 Å². The van der Waals surface area contributed by atoms with Gasteiger partial charge in [-0.05, 0) is 55.7 Å². The molecule has 0 atom stereocenters. The topological polar surface area (TPSA) is 162 Å². The smallest absolute Gasteiger partial charge is 0.354 e. The van der Waals surface area contributed by atoms with E-state index in [4.69, 9.17) is 25.2 Å². The third-order valence-electron chi connectivity index (χ3n) is 7.06. The number of nitriles is 1. The van der Waals surface area contributed by atoms with Crippen LogP contribution in [0.15, 0.2) is 48.5 Å². The summed E-state index contributed by atoms with van der Waals surface area (Å²) in [4.78, 5) is 26.9. The lowest BCUT2D eigenvalue weighted by Gasteiger charge is -2.31. The molecule has 6 rings (SSSR count). The predicted octanol–water partition coefficient (Wildman–Crippen LogP) is 3.48. The minimum Gasteiger partial charge on any atom is -0.484 e. The number of aromatic carboxylic acids is 1. The van der Waals surface area contributed by atoms with E-state index in [0.29, 0.717) is 29.3 Å². The molecule has 2 aliphatic rings. The van der Waals surface area contributed by atoms with Crippen LogP contribution in [0.1, 0.15) is 46.8 Å². The van der Waals surface area contributed by atoms with Crippen LogP contribution in [0.3, 0.4) is 0 Å². The number of hydrogen-bond donors (Lipinski definition) is 2. The second-order valence-corrected chi connectivity index (χ2v) is 10.1. The third-order valence-corrected chi connectivity index (χ3v) is 7.06. The van der Waals surface area contributed by atoms with E-state index in [2.05, 4.69) is 19.9 Å². The van der Waals surface area contributed by atoms with Crippen molar-refractivity contribution in [1.82, 2.24) is 24.4 Å². The molecular formula is C30H32FN7O5. The molecular weight excluding hydrogens is 557 g/mol. The molecule has 224 valence electrons. The highest BCUT2D eigenvalue weighted by Crippen LogP contribution is 2.23. The van der Waals surface area contributed by atoms with Crippen LogP contribution in [0.2, 0.25) is 0 Å². The molecule has 0 saturated carbocycles. The van der Waals surface area contributed by atoms with E-state index in [-0.39, 0.29) is 36.4 Å². The predicted molar refractivity (Wildman–Crippen MR) is 153 cm³/mol. The largest absolute Gasteiger partial charge is 0.484 e. The first-order chi connectivity index (χ1) is 20.9. The van der Waals surface area contributed by atoms with E-state index in [9.17, 15) is 14.3 Å². The summed E-state index contributed by atoms with van der Waals surface area (Å²) in [6.45, 7) is 4.30. The Bertz CT molecular complexity index is 1610.